The van der Waals surface area contributed by atoms with E-state index in [4.69, 9.17) is 4.74 Å². The fourth-order valence-corrected chi connectivity index (χ4v) is 3.78. The summed E-state index contributed by atoms with van der Waals surface area (Å²) in [5.74, 6) is -1.27. The summed E-state index contributed by atoms with van der Waals surface area (Å²) < 4.78 is 20.3. The van der Waals surface area contributed by atoms with Crippen molar-refractivity contribution < 1.29 is 18.7 Å². The van der Waals surface area contributed by atoms with E-state index in [-0.39, 0.29) is 18.2 Å². The van der Waals surface area contributed by atoms with Crippen molar-refractivity contribution in [1.29, 1.82) is 0 Å². The number of hydrogen-bond donors (Lipinski definition) is 1. The van der Waals surface area contributed by atoms with Crippen LogP contribution in [0.25, 0.3) is 0 Å². The topological polar surface area (TPSA) is 58.6 Å². The summed E-state index contributed by atoms with van der Waals surface area (Å²) >= 11 is 3.44. The van der Waals surface area contributed by atoms with Crippen molar-refractivity contribution in [3.8, 4) is 5.75 Å². The predicted octanol–water partition coefficient (Wildman–Crippen LogP) is 4.35. The van der Waals surface area contributed by atoms with Crippen LogP contribution in [0, 0.1) is 5.82 Å². The summed E-state index contributed by atoms with van der Waals surface area (Å²) in [5, 5.41) is 2.66. The average molecular weight is 499 g/mol. The van der Waals surface area contributed by atoms with Crippen molar-refractivity contribution in [3.05, 3.63) is 100 Å². The number of amides is 2. The molecule has 0 heterocycles. The van der Waals surface area contributed by atoms with Gasteiger partial charge >= 0.3 is 0 Å². The second-order valence-corrected chi connectivity index (χ2v) is 8.11. The van der Waals surface area contributed by atoms with Crippen LogP contribution in [-0.2, 0) is 22.6 Å². The number of nitrogens with zero attached hydrogens (tertiary/aromatic N) is 1. The van der Waals surface area contributed by atoms with Crippen LogP contribution in [0.4, 0.5) is 4.39 Å². The summed E-state index contributed by atoms with van der Waals surface area (Å²) in [6.45, 7) is -0.193. The van der Waals surface area contributed by atoms with E-state index in [0.29, 0.717) is 6.42 Å². The van der Waals surface area contributed by atoms with Gasteiger partial charge in [-0.25, -0.2) is 4.39 Å². The Morgan fingerprint density at radius 3 is 2.38 bits per heavy atom. The molecule has 0 spiro atoms. The SMILES string of the molecule is CNC(=O)[C@@H](Cc1ccccc1)N(Cc1cccc(Br)c1)C(=O)COc1ccccc1F. The third-order valence-corrected chi connectivity index (χ3v) is 5.44. The van der Waals surface area contributed by atoms with E-state index >= 15 is 0 Å². The van der Waals surface area contributed by atoms with E-state index in [2.05, 4.69) is 21.2 Å². The maximum absolute atomic E-state index is 13.9. The highest BCUT2D eigenvalue weighted by atomic mass is 79.9. The minimum atomic E-state index is -0.766. The standard InChI is InChI=1S/C25H24BrFN2O3/c1-28-25(31)22(15-18-8-3-2-4-9-18)29(16-19-10-7-11-20(26)14-19)24(30)17-32-23-13-6-5-12-21(23)27/h2-14,22H,15-17H2,1H3,(H,28,31)/t22-/m1/s1. The first-order chi connectivity index (χ1) is 15.5. The van der Waals surface area contributed by atoms with Gasteiger partial charge in [-0.15, -0.1) is 0 Å². The zero-order chi connectivity index (χ0) is 22.9. The number of benzene rings is 3. The van der Waals surface area contributed by atoms with Crippen molar-refractivity contribution in [2.75, 3.05) is 13.7 Å². The molecule has 3 rings (SSSR count). The lowest BCUT2D eigenvalue weighted by Crippen LogP contribution is -2.51. The fourth-order valence-electron chi connectivity index (χ4n) is 3.34. The van der Waals surface area contributed by atoms with Gasteiger partial charge in [-0.05, 0) is 35.4 Å². The van der Waals surface area contributed by atoms with Crippen molar-refractivity contribution in [3.63, 3.8) is 0 Å². The molecule has 7 heteroatoms. The number of ether oxygens (including phenoxy) is 1. The third-order valence-electron chi connectivity index (χ3n) is 4.95. The molecule has 1 atom stereocenters. The predicted molar refractivity (Wildman–Crippen MR) is 125 cm³/mol. The Morgan fingerprint density at radius 1 is 1.00 bits per heavy atom. The van der Waals surface area contributed by atoms with Gasteiger partial charge < -0.3 is 15.0 Å². The minimum absolute atomic E-state index is 0.0113. The monoisotopic (exact) mass is 498 g/mol. The Morgan fingerprint density at radius 2 is 1.69 bits per heavy atom. The average Bonchev–Trinajstić information content (AvgIpc) is 2.81. The van der Waals surface area contributed by atoms with E-state index < -0.39 is 24.4 Å². The molecule has 3 aromatic rings. The molecule has 0 saturated carbocycles. The molecule has 3 aromatic carbocycles. The molecule has 166 valence electrons. The molecule has 0 fully saturated rings. The summed E-state index contributed by atoms with van der Waals surface area (Å²) in [7, 11) is 1.54. The molecule has 0 saturated heterocycles. The number of likely N-dealkylation sites (N-methyl/N-ethyl adjacent to an activating group) is 1. The van der Waals surface area contributed by atoms with Crippen LogP contribution in [0.1, 0.15) is 11.1 Å². The molecular weight excluding hydrogens is 475 g/mol. The van der Waals surface area contributed by atoms with Gasteiger partial charge in [0.05, 0.1) is 0 Å². The third kappa shape index (κ3) is 6.40. The van der Waals surface area contributed by atoms with Crippen molar-refractivity contribution in [2.24, 2.45) is 0 Å². The smallest absolute Gasteiger partial charge is 0.261 e. The Hall–Kier alpha value is -3.19. The number of para-hydroxylation sites is 1. The largest absolute Gasteiger partial charge is 0.481 e. The second-order valence-electron chi connectivity index (χ2n) is 7.19. The Bertz CT molecular complexity index is 1060. The number of rotatable bonds is 9. The van der Waals surface area contributed by atoms with Crippen molar-refractivity contribution >= 4 is 27.7 Å². The van der Waals surface area contributed by atoms with Crippen LogP contribution in [0.2, 0.25) is 0 Å². The summed E-state index contributed by atoms with van der Waals surface area (Å²) in [6, 6.07) is 22.1. The zero-order valence-corrected chi connectivity index (χ0v) is 19.2. The van der Waals surface area contributed by atoms with Crippen molar-refractivity contribution in [2.45, 2.75) is 19.0 Å². The van der Waals surface area contributed by atoms with Crippen LogP contribution >= 0.6 is 15.9 Å². The molecule has 0 radical (unpaired) electrons. The van der Waals surface area contributed by atoms with E-state index in [0.717, 1.165) is 15.6 Å². The molecule has 0 aliphatic heterocycles. The van der Waals surface area contributed by atoms with E-state index in [1.165, 1.54) is 24.1 Å². The Labute approximate surface area is 195 Å². The van der Waals surface area contributed by atoms with Gasteiger partial charge in [0.2, 0.25) is 5.91 Å². The molecule has 0 aromatic heterocycles. The van der Waals surface area contributed by atoms with Crippen LogP contribution < -0.4 is 10.1 Å². The van der Waals surface area contributed by atoms with Gasteiger partial charge in [0.25, 0.3) is 5.91 Å². The first-order valence-corrected chi connectivity index (χ1v) is 10.9. The highest BCUT2D eigenvalue weighted by Gasteiger charge is 2.30. The highest BCUT2D eigenvalue weighted by molar-refractivity contribution is 9.10. The van der Waals surface area contributed by atoms with Gasteiger partial charge in [-0.1, -0.05) is 70.5 Å². The number of halogens is 2. The van der Waals surface area contributed by atoms with Gasteiger partial charge in [-0.3, -0.25) is 9.59 Å². The number of nitrogens with one attached hydrogen (secondary N) is 1. The molecule has 1 N–H and O–H groups in total. The van der Waals surface area contributed by atoms with Crippen LogP contribution in [-0.4, -0.2) is 36.4 Å². The summed E-state index contributed by atoms with van der Waals surface area (Å²) in [6.07, 6.45) is 0.333. The van der Waals surface area contributed by atoms with Gasteiger partial charge in [0.1, 0.15) is 6.04 Å². The molecule has 2 amide bonds. The molecular formula is C25H24BrFN2O3. The molecule has 32 heavy (non-hydrogen) atoms. The lowest BCUT2D eigenvalue weighted by Gasteiger charge is -2.31. The second kappa shape index (κ2) is 11.4. The first kappa shape index (κ1) is 23.5. The van der Waals surface area contributed by atoms with Gasteiger partial charge in [0.15, 0.2) is 18.2 Å². The number of carbonyl (C=O) groups is 2. The Balaban J connectivity index is 1.88. The normalized spacial score (nSPS) is 11.5. The van der Waals surface area contributed by atoms with Crippen LogP contribution in [0.3, 0.4) is 0 Å². The summed E-state index contributed by atoms with van der Waals surface area (Å²) in [4.78, 5) is 27.6. The number of hydrogen-bond acceptors (Lipinski definition) is 3. The molecule has 0 bridgehead atoms. The maximum Gasteiger partial charge on any atom is 0.261 e. The Kier molecular flexibility index (Phi) is 8.39. The van der Waals surface area contributed by atoms with E-state index in [9.17, 15) is 14.0 Å². The maximum atomic E-state index is 13.9. The molecule has 0 unspecified atom stereocenters. The molecule has 0 aliphatic carbocycles. The van der Waals surface area contributed by atoms with Crippen LogP contribution in [0.15, 0.2) is 83.3 Å². The lowest BCUT2D eigenvalue weighted by atomic mass is 10.0. The zero-order valence-electron chi connectivity index (χ0n) is 17.6. The van der Waals surface area contributed by atoms with E-state index in [1.807, 2.05) is 54.6 Å². The molecule has 0 aliphatic rings. The van der Waals surface area contributed by atoms with E-state index in [1.54, 1.807) is 12.1 Å². The van der Waals surface area contributed by atoms with Crippen LogP contribution in [0.5, 0.6) is 5.75 Å². The number of carbonyl (C=O) groups excluding carboxylic acids is 2. The van der Waals surface area contributed by atoms with Crippen molar-refractivity contribution in [1.82, 2.24) is 10.2 Å². The van der Waals surface area contributed by atoms with Gasteiger partial charge in [0, 0.05) is 24.5 Å². The molecule has 5 nitrogen and oxygen atoms in total. The lowest BCUT2D eigenvalue weighted by molar-refractivity contribution is -0.142. The van der Waals surface area contributed by atoms with Gasteiger partial charge in [-0.2, -0.15) is 0 Å². The minimum Gasteiger partial charge on any atom is -0.481 e. The highest BCUT2D eigenvalue weighted by Crippen LogP contribution is 2.19. The summed E-state index contributed by atoms with van der Waals surface area (Å²) in [5.41, 5.74) is 1.77. The fraction of sp³-hybridized carbons (Fsp3) is 0.200. The quantitative estimate of drug-likeness (QED) is 0.476. The first-order valence-electron chi connectivity index (χ1n) is 10.1.